The summed E-state index contributed by atoms with van der Waals surface area (Å²) in [6, 6.07) is 0. The molecule has 1 aliphatic rings. The summed E-state index contributed by atoms with van der Waals surface area (Å²) in [6.07, 6.45) is -0.122. The van der Waals surface area contributed by atoms with Gasteiger partial charge >= 0.3 is 0 Å². The maximum Gasteiger partial charge on any atom is 0.103 e. The number of nitrogens with zero attached hydrogens (tertiary/aromatic N) is 1. The van der Waals surface area contributed by atoms with Crippen LogP contribution in [0.3, 0.4) is 0 Å². The van der Waals surface area contributed by atoms with E-state index in [2.05, 4.69) is 15.5 Å². The van der Waals surface area contributed by atoms with E-state index in [0.717, 1.165) is 39.3 Å². The number of hydrogen-bond donors (Lipinski definition) is 4. The lowest BCUT2D eigenvalue weighted by Crippen LogP contribution is -2.51. The molecular formula is C12H27N3O2. The van der Waals surface area contributed by atoms with Crippen LogP contribution in [0.4, 0.5) is 0 Å². The molecule has 0 saturated carbocycles. The fourth-order valence-corrected chi connectivity index (χ4v) is 2.10. The summed E-state index contributed by atoms with van der Waals surface area (Å²) in [5.41, 5.74) is -0.992. The van der Waals surface area contributed by atoms with Gasteiger partial charge in [0.1, 0.15) is 5.60 Å². The Balaban J connectivity index is 2.50. The fourth-order valence-electron chi connectivity index (χ4n) is 2.10. The van der Waals surface area contributed by atoms with E-state index < -0.39 is 11.7 Å². The first-order valence-electron chi connectivity index (χ1n) is 6.62. The highest BCUT2D eigenvalue weighted by molar-refractivity contribution is 4.86. The van der Waals surface area contributed by atoms with E-state index in [1.807, 2.05) is 6.92 Å². The zero-order valence-electron chi connectivity index (χ0n) is 11.1. The van der Waals surface area contributed by atoms with Crippen LogP contribution in [0.15, 0.2) is 0 Å². The van der Waals surface area contributed by atoms with Crippen LogP contribution < -0.4 is 10.6 Å². The second kappa shape index (κ2) is 7.28. The van der Waals surface area contributed by atoms with Gasteiger partial charge < -0.3 is 20.8 Å². The van der Waals surface area contributed by atoms with Crippen LogP contribution in [-0.4, -0.2) is 72.6 Å². The van der Waals surface area contributed by atoms with Gasteiger partial charge in [-0.25, -0.2) is 0 Å². The summed E-state index contributed by atoms with van der Waals surface area (Å²) in [6.45, 7) is 9.78. The smallest absolute Gasteiger partial charge is 0.103 e. The molecule has 1 saturated heterocycles. The molecule has 17 heavy (non-hydrogen) atoms. The molecule has 1 aliphatic heterocycles. The van der Waals surface area contributed by atoms with E-state index >= 15 is 0 Å². The molecular weight excluding hydrogens is 218 g/mol. The molecule has 1 heterocycles. The van der Waals surface area contributed by atoms with E-state index in [1.165, 1.54) is 0 Å². The van der Waals surface area contributed by atoms with E-state index in [-0.39, 0.29) is 0 Å². The van der Waals surface area contributed by atoms with Gasteiger partial charge in [-0.3, -0.25) is 4.90 Å². The first-order chi connectivity index (χ1) is 8.08. The third-order valence-electron chi connectivity index (χ3n) is 3.58. The molecule has 0 aromatic rings. The number of aliphatic hydroxyl groups excluding tert-OH is 1. The maximum atomic E-state index is 10.3. The van der Waals surface area contributed by atoms with E-state index in [1.54, 1.807) is 6.92 Å². The van der Waals surface area contributed by atoms with Crippen LogP contribution in [-0.2, 0) is 0 Å². The van der Waals surface area contributed by atoms with Crippen molar-refractivity contribution in [1.29, 1.82) is 0 Å². The van der Waals surface area contributed by atoms with E-state index in [9.17, 15) is 10.2 Å². The molecule has 4 N–H and O–H groups in total. The topological polar surface area (TPSA) is 67.8 Å². The Morgan fingerprint density at radius 1 is 1.18 bits per heavy atom. The average Bonchev–Trinajstić information content (AvgIpc) is 2.42. The van der Waals surface area contributed by atoms with Crippen molar-refractivity contribution in [3.8, 4) is 0 Å². The normalized spacial score (nSPS) is 25.4. The van der Waals surface area contributed by atoms with Gasteiger partial charge in [0.05, 0.1) is 6.10 Å². The summed E-state index contributed by atoms with van der Waals surface area (Å²) < 4.78 is 0. The van der Waals surface area contributed by atoms with E-state index in [4.69, 9.17) is 0 Å². The van der Waals surface area contributed by atoms with Crippen LogP contribution in [0.25, 0.3) is 0 Å². The molecule has 5 nitrogen and oxygen atoms in total. The monoisotopic (exact) mass is 245 g/mol. The number of β-amino-alcohol motifs (C(OH)–C–C–N with tert-alkyl or cyclic N) is 1. The Morgan fingerprint density at radius 3 is 2.12 bits per heavy atom. The first-order valence-corrected chi connectivity index (χ1v) is 6.62. The lowest BCUT2D eigenvalue weighted by molar-refractivity contribution is -0.0865. The van der Waals surface area contributed by atoms with Crippen molar-refractivity contribution in [3.63, 3.8) is 0 Å². The second-order valence-electron chi connectivity index (χ2n) is 4.91. The Morgan fingerprint density at radius 2 is 1.71 bits per heavy atom. The minimum absolute atomic E-state index is 0.532. The van der Waals surface area contributed by atoms with Crippen molar-refractivity contribution in [3.05, 3.63) is 0 Å². The molecule has 0 aromatic carbocycles. The second-order valence-corrected chi connectivity index (χ2v) is 4.91. The molecule has 0 aromatic heterocycles. The Bertz CT molecular complexity index is 204. The molecule has 1 rings (SSSR count). The third kappa shape index (κ3) is 4.89. The molecule has 1 fully saturated rings. The first kappa shape index (κ1) is 14.9. The molecule has 0 amide bonds. The zero-order valence-corrected chi connectivity index (χ0v) is 11.1. The number of nitrogens with one attached hydrogen (secondary N) is 2. The molecule has 0 spiro atoms. The number of hydrogen-bond acceptors (Lipinski definition) is 5. The van der Waals surface area contributed by atoms with Crippen molar-refractivity contribution in [2.24, 2.45) is 0 Å². The molecule has 2 unspecified atom stereocenters. The highest BCUT2D eigenvalue weighted by Gasteiger charge is 2.32. The van der Waals surface area contributed by atoms with Gasteiger partial charge in [0.2, 0.25) is 0 Å². The number of aliphatic hydroxyl groups is 2. The summed E-state index contributed by atoms with van der Waals surface area (Å²) in [4.78, 5) is 2.21. The van der Waals surface area contributed by atoms with Gasteiger partial charge in [-0.1, -0.05) is 6.92 Å². The van der Waals surface area contributed by atoms with Crippen molar-refractivity contribution in [2.45, 2.75) is 32.0 Å². The molecule has 5 heteroatoms. The van der Waals surface area contributed by atoms with Crippen molar-refractivity contribution < 1.29 is 10.2 Å². The predicted molar refractivity (Wildman–Crippen MR) is 69.1 cm³/mol. The quantitative estimate of drug-likeness (QED) is 0.512. The molecule has 2 atom stereocenters. The third-order valence-corrected chi connectivity index (χ3v) is 3.58. The average molecular weight is 245 g/mol. The Kier molecular flexibility index (Phi) is 6.37. The minimum Gasteiger partial charge on any atom is -0.390 e. The van der Waals surface area contributed by atoms with Crippen molar-refractivity contribution >= 4 is 0 Å². The largest absolute Gasteiger partial charge is 0.390 e. The van der Waals surface area contributed by atoms with Gasteiger partial charge in [0.25, 0.3) is 0 Å². The van der Waals surface area contributed by atoms with Gasteiger partial charge in [0.15, 0.2) is 0 Å². The lowest BCUT2D eigenvalue weighted by atomic mass is 9.94. The minimum atomic E-state index is -0.992. The van der Waals surface area contributed by atoms with Crippen LogP contribution in [0.2, 0.25) is 0 Å². The van der Waals surface area contributed by atoms with Gasteiger partial charge in [-0.2, -0.15) is 0 Å². The SMILES string of the molecule is CCC(O)(CN1CCNCCNCC1)C(C)O. The Labute approximate surface area is 104 Å². The van der Waals surface area contributed by atoms with Crippen molar-refractivity contribution in [1.82, 2.24) is 15.5 Å². The van der Waals surface area contributed by atoms with Gasteiger partial charge in [-0.05, 0) is 13.3 Å². The summed E-state index contributed by atoms with van der Waals surface area (Å²) in [5.74, 6) is 0. The highest BCUT2D eigenvalue weighted by Crippen LogP contribution is 2.17. The summed E-state index contributed by atoms with van der Waals surface area (Å²) >= 11 is 0. The highest BCUT2D eigenvalue weighted by atomic mass is 16.3. The predicted octanol–water partition coefficient (Wildman–Crippen LogP) is -0.997. The molecule has 0 radical (unpaired) electrons. The van der Waals surface area contributed by atoms with E-state index in [0.29, 0.717) is 13.0 Å². The lowest BCUT2D eigenvalue weighted by Gasteiger charge is -2.35. The fraction of sp³-hybridized carbons (Fsp3) is 1.00. The maximum absolute atomic E-state index is 10.3. The molecule has 0 aliphatic carbocycles. The van der Waals surface area contributed by atoms with Crippen LogP contribution in [0.1, 0.15) is 20.3 Å². The zero-order chi connectivity index (χ0) is 12.7. The van der Waals surface area contributed by atoms with Crippen LogP contribution >= 0.6 is 0 Å². The summed E-state index contributed by atoms with van der Waals surface area (Å²) in [7, 11) is 0. The molecule has 0 bridgehead atoms. The van der Waals surface area contributed by atoms with Gasteiger partial charge in [-0.15, -0.1) is 0 Å². The molecule has 102 valence electrons. The summed E-state index contributed by atoms with van der Waals surface area (Å²) in [5, 5.41) is 26.7. The van der Waals surface area contributed by atoms with Crippen LogP contribution in [0, 0.1) is 0 Å². The van der Waals surface area contributed by atoms with Crippen molar-refractivity contribution in [2.75, 3.05) is 45.8 Å². The Hall–Kier alpha value is -0.200. The van der Waals surface area contributed by atoms with Gasteiger partial charge in [0, 0.05) is 45.8 Å². The number of rotatable bonds is 4. The van der Waals surface area contributed by atoms with Crippen LogP contribution in [0.5, 0.6) is 0 Å². The standard InChI is InChI=1S/C12H27N3O2/c1-3-12(17,11(2)16)10-15-8-6-13-4-5-14-7-9-15/h11,13-14,16-17H,3-10H2,1-2H3.